The maximum Gasteiger partial charge on any atom is 0.123 e. The Hall–Kier alpha value is -1.88. The van der Waals surface area contributed by atoms with Gasteiger partial charge in [-0.3, -0.25) is 4.68 Å². The van der Waals surface area contributed by atoms with Crippen LogP contribution in [-0.2, 0) is 7.05 Å². The van der Waals surface area contributed by atoms with Crippen molar-refractivity contribution in [3.63, 3.8) is 0 Å². The largest absolute Gasteiger partial charge is 0.368 e. The highest BCUT2D eigenvalue weighted by molar-refractivity contribution is 5.75. The highest BCUT2D eigenvalue weighted by Gasteiger charge is 2.21. The SMILES string of the molecule is Cn1ncc(N2CCC(N)CC2)c1-c1ccc(F)cc1. The molecule has 0 atom stereocenters. The first kappa shape index (κ1) is 13.1. The third-order valence-electron chi connectivity index (χ3n) is 3.92. The molecule has 1 aliphatic rings. The van der Waals surface area contributed by atoms with Crippen molar-refractivity contribution in [2.45, 2.75) is 18.9 Å². The van der Waals surface area contributed by atoms with E-state index in [4.69, 9.17) is 5.73 Å². The topological polar surface area (TPSA) is 47.1 Å². The van der Waals surface area contributed by atoms with Crippen molar-refractivity contribution in [1.82, 2.24) is 9.78 Å². The lowest BCUT2D eigenvalue weighted by Gasteiger charge is -2.31. The number of benzene rings is 1. The monoisotopic (exact) mass is 274 g/mol. The average molecular weight is 274 g/mol. The Morgan fingerprint density at radius 3 is 2.50 bits per heavy atom. The van der Waals surface area contributed by atoms with Gasteiger partial charge in [0.05, 0.1) is 17.6 Å². The third kappa shape index (κ3) is 2.41. The molecule has 1 aromatic carbocycles. The summed E-state index contributed by atoms with van der Waals surface area (Å²) >= 11 is 0. The maximum atomic E-state index is 13.1. The first-order valence-electron chi connectivity index (χ1n) is 6.93. The number of hydrogen-bond donors (Lipinski definition) is 1. The van der Waals surface area contributed by atoms with Crippen LogP contribution in [0.2, 0.25) is 0 Å². The lowest BCUT2D eigenvalue weighted by molar-refractivity contribution is 0.501. The Balaban J connectivity index is 1.95. The first-order chi connectivity index (χ1) is 9.65. The molecule has 3 rings (SSSR count). The van der Waals surface area contributed by atoms with Gasteiger partial charge in [-0.1, -0.05) is 0 Å². The van der Waals surface area contributed by atoms with Crippen LogP contribution in [0.1, 0.15) is 12.8 Å². The Kier molecular flexibility index (Phi) is 3.44. The van der Waals surface area contributed by atoms with Crippen molar-refractivity contribution < 1.29 is 4.39 Å². The van der Waals surface area contributed by atoms with Gasteiger partial charge in [-0.05, 0) is 37.1 Å². The molecule has 0 saturated carbocycles. The van der Waals surface area contributed by atoms with Crippen molar-refractivity contribution in [3.05, 3.63) is 36.3 Å². The molecule has 0 aliphatic carbocycles. The molecule has 0 spiro atoms. The van der Waals surface area contributed by atoms with E-state index in [1.807, 2.05) is 17.9 Å². The predicted octanol–water partition coefficient (Wildman–Crippen LogP) is 2.15. The third-order valence-corrected chi connectivity index (χ3v) is 3.92. The van der Waals surface area contributed by atoms with E-state index in [0.29, 0.717) is 6.04 Å². The number of anilines is 1. The maximum absolute atomic E-state index is 13.1. The van der Waals surface area contributed by atoms with Gasteiger partial charge in [0.1, 0.15) is 5.82 Å². The molecule has 2 heterocycles. The van der Waals surface area contributed by atoms with Gasteiger partial charge in [-0.25, -0.2) is 4.39 Å². The molecule has 0 unspecified atom stereocenters. The van der Waals surface area contributed by atoms with E-state index in [0.717, 1.165) is 42.9 Å². The summed E-state index contributed by atoms with van der Waals surface area (Å²) in [5.74, 6) is -0.221. The minimum Gasteiger partial charge on any atom is -0.368 e. The van der Waals surface area contributed by atoms with E-state index >= 15 is 0 Å². The molecular weight excluding hydrogens is 255 g/mol. The number of aromatic nitrogens is 2. The summed E-state index contributed by atoms with van der Waals surface area (Å²) in [4.78, 5) is 2.31. The van der Waals surface area contributed by atoms with Crippen molar-refractivity contribution >= 4 is 5.69 Å². The Morgan fingerprint density at radius 1 is 1.20 bits per heavy atom. The molecular formula is C15H19FN4. The van der Waals surface area contributed by atoms with E-state index in [1.54, 1.807) is 12.1 Å². The van der Waals surface area contributed by atoms with E-state index < -0.39 is 0 Å². The Labute approximate surface area is 118 Å². The van der Waals surface area contributed by atoms with Crippen molar-refractivity contribution in [1.29, 1.82) is 0 Å². The van der Waals surface area contributed by atoms with Crippen LogP contribution in [-0.4, -0.2) is 28.9 Å². The van der Waals surface area contributed by atoms with Gasteiger partial charge in [-0.2, -0.15) is 5.10 Å². The van der Waals surface area contributed by atoms with Crippen LogP contribution in [0.15, 0.2) is 30.5 Å². The van der Waals surface area contributed by atoms with Crippen molar-refractivity contribution in [2.75, 3.05) is 18.0 Å². The minimum atomic E-state index is -0.221. The van der Waals surface area contributed by atoms with Gasteiger partial charge in [0.15, 0.2) is 0 Å². The number of halogens is 1. The zero-order valence-corrected chi connectivity index (χ0v) is 11.6. The lowest BCUT2D eigenvalue weighted by atomic mass is 10.0. The summed E-state index contributed by atoms with van der Waals surface area (Å²) < 4.78 is 14.9. The molecule has 0 bridgehead atoms. The molecule has 0 radical (unpaired) electrons. The Bertz CT molecular complexity index is 582. The summed E-state index contributed by atoms with van der Waals surface area (Å²) in [6.45, 7) is 1.89. The summed E-state index contributed by atoms with van der Waals surface area (Å²) in [7, 11) is 1.91. The van der Waals surface area contributed by atoms with Gasteiger partial charge in [0.2, 0.25) is 0 Å². The van der Waals surface area contributed by atoms with Crippen LogP contribution < -0.4 is 10.6 Å². The molecule has 4 nitrogen and oxygen atoms in total. The molecule has 20 heavy (non-hydrogen) atoms. The second kappa shape index (κ2) is 5.25. The average Bonchev–Trinajstić information content (AvgIpc) is 2.83. The molecule has 1 aromatic heterocycles. The fourth-order valence-electron chi connectivity index (χ4n) is 2.74. The number of hydrogen-bond acceptors (Lipinski definition) is 3. The van der Waals surface area contributed by atoms with Crippen LogP contribution in [0.5, 0.6) is 0 Å². The van der Waals surface area contributed by atoms with Gasteiger partial charge in [0, 0.05) is 31.7 Å². The predicted molar refractivity (Wildman–Crippen MR) is 78.0 cm³/mol. The normalized spacial score (nSPS) is 16.6. The zero-order valence-electron chi connectivity index (χ0n) is 11.6. The molecule has 1 aliphatic heterocycles. The summed E-state index contributed by atoms with van der Waals surface area (Å²) in [5, 5.41) is 4.36. The van der Waals surface area contributed by atoms with Crippen LogP contribution in [0, 0.1) is 5.82 Å². The first-order valence-corrected chi connectivity index (χ1v) is 6.93. The van der Waals surface area contributed by atoms with Crippen LogP contribution >= 0.6 is 0 Å². The van der Waals surface area contributed by atoms with Crippen molar-refractivity contribution in [3.8, 4) is 11.3 Å². The van der Waals surface area contributed by atoms with Crippen LogP contribution in [0.25, 0.3) is 11.3 Å². The molecule has 2 N–H and O–H groups in total. The molecule has 106 valence electrons. The van der Waals surface area contributed by atoms with Gasteiger partial charge in [-0.15, -0.1) is 0 Å². The van der Waals surface area contributed by atoms with Crippen LogP contribution in [0.3, 0.4) is 0 Å². The zero-order chi connectivity index (χ0) is 14.1. The van der Waals surface area contributed by atoms with E-state index in [1.165, 1.54) is 12.1 Å². The summed E-state index contributed by atoms with van der Waals surface area (Å²) in [5.41, 5.74) is 9.07. The van der Waals surface area contributed by atoms with Gasteiger partial charge < -0.3 is 10.6 Å². The molecule has 5 heteroatoms. The van der Waals surface area contributed by atoms with E-state index in [-0.39, 0.29) is 5.82 Å². The standard InChI is InChI=1S/C15H19FN4/c1-19-15(11-2-4-12(16)5-3-11)14(10-18-19)20-8-6-13(17)7-9-20/h2-5,10,13H,6-9,17H2,1H3. The number of piperidine rings is 1. The molecule has 0 amide bonds. The van der Waals surface area contributed by atoms with Crippen LogP contribution in [0.4, 0.5) is 10.1 Å². The molecule has 1 fully saturated rings. The second-order valence-corrected chi connectivity index (χ2v) is 5.33. The minimum absolute atomic E-state index is 0.221. The second-order valence-electron chi connectivity index (χ2n) is 5.33. The van der Waals surface area contributed by atoms with E-state index in [2.05, 4.69) is 10.00 Å². The lowest BCUT2D eigenvalue weighted by Crippen LogP contribution is -2.39. The fourth-order valence-corrected chi connectivity index (χ4v) is 2.74. The number of rotatable bonds is 2. The summed E-state index contributed by atoms with van der Waals surface area (Å²) in [6, 6.07) is 6.87. The Morgan fingerprint density at radius 2 is 1.85 bits per heavy atom. The molecule has 2 aromatic rings. The number of nitrogens with zero attached hydrogens (tertiary/aromatic N) is 3. The molecule has 1 saturated heterocycles. The van der Waals surface area contributed by atoms with Gasteiger partial charge in [0.25, 0.3) is 0 Å². The summed E-state index contributed by atoms with van der Waals surface area (Å²) in [6.07, 6.45) is 3.88. The number of aryl methyl sites for hydroxylation is 1. The highest BCUT2D eigenvalue weighted by Crippen LogP contribution is 2.31. The highest BCUT2D eigenvalue weighted by atomic mass is 19.1. The van der Waals surface area contributed by atoms with Crippen molar-refractivity contribution in [2.24, 2.45) is 12.8 Å². The van der Waals surface area contributed by atoms with E-state index in [9.17, 15) is 4.39 Å². The number of nitrogens with two attached hydrogens (primary N) is 1. The quantitative estimate of drug-likeness (QED) is 0.913. The van der Waals surface area contributed by atoms with Gasteiger partial charge >= 0.3 is 0 Å². The smallest absolute Gasteiger partial charge is 0.123 e. The fraction of sp³-hybridized carbons (Fsp3) is 0.400.